The Morgan fingerprint density at radius 3 is 2.60 bits per heavy atom. The van der Waals surface area contributed by atoms with Crippen LogP contribution in [0.5, 0.6) is 0 Å². The van der Waals surface area contributed by atoms with Gasteiger partial charge in [0, 0.05) is 6.42 Å². The van der Waals surface area contributed by atoms with E-state index >= 15 is 0 Å². The first-order valence-corrected chi connectivity index (χ1v) is 3.08. The van der Waals surface area contributed by atoms with Gasteiger partial charge in [-0.3, -0.25) is 0 Å². The second-order valence-electron chi connectivity index (χ2n) is 2.11. The maximum absolute atomic E-state index is 8.91. The molecule has 0 fully saturated rings. The first kappa shape index (κ1) is 7.08. The molecule has 4 nitrogen and oxygen atoms in total. The topological polar surface area (TPSA) is 58.9 Å². The Labute approximate surface area is 59.0 Å². The van der Waals surface area contributed by atoms with E-state index in [0.717, 1.165) is 0 Å². The molecule has 1 rings (SSSR count). The quantitative estimate of drug-likeness (QED) is 0.616. The van der Waals surface area contributed by atoms with E-state index < -0.39 is 0 Å². The maximum atomic E-state index is 8.91. The van der Waals surface area contributed by atoms with Crippen LogP contribution < -0.4 is 0 Å². The maximum Gasteiger partial charge on any atom is 0.134 e. The van der Waals surface area contributed by atoms with Crippen LogP contribution >= 0.6 is 0 Å². The molecule has 1 atom stereocenters. The third kappa shape index (κ3) is 2.06. The van der Waals surface area contributed by atoms with Gasteiger partial charge in [0.15, 0.2) is 0 Å². The number of hydrogen-bond donors (Lipinski definition) is 1. The van der Waals surface area contributed by atoms with Gasteiger partial charge >= 0.3 is 0 Å². The van der Waals surface area contributed by atoms with Crippen LogP contribution in [-0.2, 0) is 6.42 Å². The molecule has 4 heteroatoms. The summed E-state index contributed by atoms with van der Waals surface area (Å²) in [6.45, 7) is 1.70. The number of nitrogens with zero attached hydrogens (tertiary/aromatic N) is 3. The molecule has 1 aromatic heterocycles. The fourth-order valence-corrected chi connectivity index (χ4v) is 0.633. The number of aliphatic hydroxyl groups excluding tert-OH is 1. The van der Waals surface area contributed by atoms with E-state index in [1.807, 2.05) is 0 Å². The normalized spacial score (nSPS) is 13.0. The van der Waals surface area contributed by atoms with Gasteiger partial charge in [0.25, 0.3) is 0 Å². The molecule has 0 aromatic carbocycles. The van der Waals surface area contributed by atoms with E-state index in [4.69, 9.17) is 5.11 Å². The summed E-state index contributed by atoms with van der Waals surface area (Å²) in [7, 11) is 0. The zero-order chi connectivity index (χ0) is 7.40. The van der Waals surface area contributed by atoms with Gasteiger partial charge in [0.2, 0.25) is 0 Å². The SMILES string of the molecule is CC(O)Cc1ncncn1. The molecule has 10 heavy (non-hydrogen) atoms. The molecular weight excluding hydrogens is 130 g/mol. The molecule has 0 bridgehead atoms. The predicted molar refractivity (Wildman–Crippen MR) is 35.2 cm³/mol. The summed E-state index contributed by atoms with van der Waals surface area (Å²) >= 11 is 0. The van der Waals surface area contributed by atoms with Crippen LogP contribution in [0.1, 0.15) is 12.7 Å². The van der Waals surface area contributed by atoms with Crippen LogP contribution in [0.25, 0.3) is 0 Å². The molecule has 1 heterocycles. The fraction of sp³-hybridized carbons (Fsp3) is 0.500. The standard InChI is InChI=1S/C6H9N3O/c1-5(10)2-6-8-3-7-4-9-6/h3-5,10H,2H2,1H3. The van der Waals surface area contributed by atoms with Crippen LogP contribution in [0.15, 0.2) is 12.7 Å². The molecule has 0 spiro atoms. The summed E-state index contributed by atoms with van der Waals surface area (Å²) in [6.07, 6.45) is 2.94. The average Bonchev–Trinajstić information content (AvgIpc) is 1.88. The lowest BCUT2D eigenvalue weighted by molar-refractivity contribution is 0.192. The van der Waals surface area contributed by atoms with E-state index in [1.165, 1.54) is 12.7 Å². The Kier molecular flexibility index (Phi) is 2.28. The molecule has 1 unspecified atom stereocenters. The van der Waals surface area contributed by atoms with Crippen molar-refractivity contribution < 1.29 is 5.11 Å². The lowest BCUT2D eigenvalue weighted by Crippen LogP contribution is -2.07. The average molecular weight is 139 g/mol. The highest BCUT2D eigenvalue weighted by Crippen LogP contribution is 1.91. The van der Waals surface area contributed by atoms with E-state index in [-0.39, 0.29) is 6.10 Å². The van der Waals surface area contributed by atoms with Crippen molar-refractivity contribution in [1.29, 1.82) is 0 Å². The molecule has 54 valence electrons. The Morgan fingerprint density at radius 2 is 2.10 bits per heavy atom. The van der Waals surface area contributed by atoms with Crippen LogP contribution in [0, 0.1) is 0 Å². The van der Waals surface area contributed by atoms with Gasteiger partial charge in [-0.15, -0.1) is 0 Å². The molecule has 0 saturated carbocycles. The molecule has 0 saturated heterocycles. The predicted octanol–water partition coefficient (Wildman–Crippen LogP) is -0.205. The van der Waals surface area contributed by atoms with Crippen molar-refractivity contribution in [2.75, 3.05) is 0 Å². The van der Waals surface area contributed by atoms with Crippen molar-refractivity contribution in [3.63, 3.8) is 0 Å². The molecule has 1 aromatic rings. The highest BCUT2D eigenvalue weighted by molar-refractivity contribution is 4.82. The van der Waals surface area contributed by atoms with Gasteiger partial charge in [-0.25, -0.2) is 15.0 Å². The summed E-state index contributed by atoms with van der Waals surface area (Å²) in [6, 6.07) is 0. The molecule has 0 amide bonds. The molecule has 0 aliphatic heterocycles. The van der Waals surface area contributed by atoms with E-state index in [1.54, 1.807) is 6.92 Å². The van der Waals surface area contributed by atoms with Crippen LogP contribution in [-0.4, -0.2) is 26.2 Å². The van der Waals surface area contributed by atoms with Crippen molar-refractivity contribution in [2.45, 2.75) is 19.4 Å². The van der Waals surface area contributed by atoms with Crippen molar-refractivity contribution in [1.82, 2.24) is 15.0 Å². The zero-order valence-corrected chi connectivity index (χ0v) is 5.73. The molecule has 0 aliphatic rings. The van der Waals surface area contributed by atoms with Crippen molar-refractivity contribution in [3.8, 4) is 0 Å². The third-order valence-electron chi connectivity index (χ3n) is 1.02. The molecular formula is C6H9N3O. The summed E-state index contributed by atoms with van der Waals surface area (Å²) in [5, 5.41) is 8.91. The van der Waals surface area contributed by atoms with E-state index in [0.29, 0.717) is 12.2 Å². The zero-order valence-electron chi connectivity index (χ0n) is 5.73. The van der Waals surface area contributed by atoms with Gasteiger partial charge in [-0.2, -0.15) is 0 Å². The Balaban J connectivity index is 2.59. The smallest absolute Gasteiger partial charge is 0.134 e. The van der Waals surface area contributed by atoms with E-state index in [9.17, 15) is 0 Å². The number of aromatic nitrogens is 3. The molecule has 1 N–H and O–H groups in total. The monoisotopic (exact) mass is 139 g/mol. The van der Waals surface area contributed by atoms with Gasteiger partial charge in [-0.1, -0.05) is 0 Å². The Morgan fingerprint density at radius 1 is 1.50 bits per heavy atom. The lowest BCUT2D eigenvalue weighted by atomic mass is 10.3. The van der Waals surface area contributed by atoms with Gasteiger partial charge < -0.3 is 5.11 Å². The molecule has 0 radical (unpaired) electrons. The summed E-state index contributed by atoms with van der Waals surface area (Å²) in [5.74, 6) is 0.630. The highest BCUT2D eigenvalue weighted by Gasteiger charge is 1.99. The van der Waals surface area contributed by atoms with Crippen LogP contribution in [0.2, 0.25) is 0 Å². The first-order valence-electron chi connectivity index (χ1n) is 3.08. The number of rotatable bonds is 2. The van der Waals surface area contributed by atoms with E-state index in [2.05, 4.69) is 15.0 Å². The largest absolute Gasteiger partial charge is 0.393 e. The minimum Gasteiger partial charge on any atom is -0.393 e. The van der Waals surface area contributed by atoms with Gasteiger partial charge in [0.1, 0.15) is 18.5 Å². The highest BCUT2D eigenvalue weighted by atomic mass is 16.3. The van der Waals surface area contributed by atoms with Crippen molar-refractivity contribution in [2.24, 2.45) is 0 Å². The van der Waals surface area contributed by atoms with Crippen molar-refractivity contribution >= 4 is 0 Å². The summed E-state index contributed by atoms with van der Waals surface area (Å²) in [5.41, 5.74) is 0. The fourth-order valence-electron chi connectivity index (χ4n) is 0.633. The second-order valence-corrected chi connectivity index (χ2v) is 2.11. The minimum atomic E-state index is -0.387. The number of hydrogen-bond acceptors (Lipinski definition) is 4. The summed E-state index contributed by atoms with van der Waals surface area (Å²) < 4.78 is 0. The lowest BCUT2D eigenvalue weighted by Gasteiger charge is -1.99. The first-order chi connectivity index (χ1) is 4.79. The molecule has 0 aliphatic carbocycles. The third-order valence-corrected chi connectivity index (χ3v) is 1.02. The minimum absolute atomic E-state index is 0.387. The van der Waals surface area contributed by atoms with Crippen molar-refractivity contribution in [3.05, 3.63) is 18.5 Å². The second kappa shape index (κ2) is 3.22. The number of aliphatic hydroxyl groups is 1. The Bertz CT molecular complexity index is 187. The summed E-state index contributed by atoms with van der Waals surface area (Å²) in [4.78, 5) is 11.3. The van der Waals surface area contributed by atoms with Gasteiger partial charge in [-0.05, 0) is 6.92 Å². The van der Waals surface area contributed by atoms with Crippen LogP contribution in [0.4, 0.5) is 0 Å². The van der Waals surface area contributed by atoms with Gasteiger partial charge in [0.05, 0.1) is 6.10 Å². The Hall–Kier alpha value is -1.03. The van der Waals surface area contributed by atoms with Crippen LogP contribution in [0.3, 0.4) is 0 Å².